The van der Waals surface area contributed by atoms with Gasteiger partial charge in [-0.15, -0.1) is 0 Å². The van der Waals surface area contributed by atoms with Crippen molar-refractivity contribution in [1.82, 2.24) is 19.7 Å². The largest absolute Gasteiger partial charge is 0.295 e. The van der Waals surface area contributed by atoms with Gasteiger partial charge in [0.05, 0.1) is 6.54 Å². The van der Waals surface area contributed by atoms with Crippen LogP contribution in [0.25, 0.3) is 0 Å². The van der Waals surface area contributed by atoms with E-state index in [0.717, 1.165) is 13.1 Å². The topological polar surface area (TPSA) is 34.0 Å². The fraction of sp³-hybridized carbons (Fsp3) is 0.667. The van der Waals surface area contributed by atoms with Crippen LogP contribution in [-0.4, -0.2) is 38.8 Å². The molecule has 4 nitrogen and oxygen atoms in total. The van der Waals surface area contributed by atoms with E-state index in [2.05, 4.69) is 34.9 Å². The van der Waals surface area contributed by atoms with E-state index in [-0.39, 0.29) is 0 Å². The lowest BCUT2D eigenvalue weighted by atomic mass is 10.2. The molecule has 1 fully saturated rings. The summed E-state index contributed by atoms with van der Waals surface area (Å²) in [4.78, 5) is 6.52. The molecule has 1 aromatic heterocycles. The van der Waals surface area contributed by atoms with Crippen LogP contribution in [0.2, 0.25) is 0 Å². The molecule has 2 rings (SSSR count). The molecular weight excluding hydrogens is 200 g/mol. The molecule has 2 heterocycles. The molecule has 1 atom stereocenters. The molecular formula is C12H20N4. The van der Waals surface area contributed by atoms with E-state index in [4.69, 9.17) is 0 Å². The van der Waals surface area contributed by atoms with Crippen LogP contribution in [0.1, 0.15) is 26.7 Å². The molecule has 0 unspecified atom stereocenters. The molecule has 1 aromatic rings. The summed E-state index contributed by atoms with van der Waals surface area (Å²) in [5, 5.41) is 4.17. The minimum absolute atomic E-state index is 0.622. The molecule has 16 heavy (non-hydrogen) atoms. The van der Waals surface area contributed by atoms with Crippen molar-refractivity contribution in [2.24, 2.45) is 0 Å². The number of allylic oxidation sites excluding steroid dienone is 1. The van der Waals surface area contributed by atoms with E-state index in [9.17, 15) is 0 Å². The van der Waals surface area contributed by atoms with E-state index in [1.165, 1.54) is 25.0 Å². The molecule has 0 saturated carbocycles. The van der Waals surface area contributed by atoms with Crippen LogP contribution in [0, 0.1) is 0 Å². The Labute approximate surface area is 97.0 Å². The molecule has 0 aliphatic carbocycles. The lowest BCUT2D eigenvalue weighted by Gasteiger charge is -2.22. The van der Waals surface area contributed by atoms with Gasteiger partial charge in [-0.25, -0.2) is 4.98 Å². The van der Waals surface area contributed by atoms with Gasteiger partial charge in [-0.1, -0.05) is 11.6 Å². The van der Waals surface area contributed by atoms with Gasteiger partial charge in [0, 0.05) is 12.6 Å². The van der Waals surface area contributed by atoms with Gasteiger partial charge in [0.25, 0.3) is 0 Å². The normalized spacial score (nSPS) is 21.2. The minimum atomic E-state index is 0.622. The summed E-state index contributed by atoms with van der Waals surface area (Å²) < 4.78 is 1.94. The Hall–Kier alpha value is -1.16. The maximum absolute atomic E-state index is 4.17. The summed E-state index contributed by atoms with van der Waals surface area (Å²) >= 11 is 0. The highest BCUT2D eigenvalue weighted by Gasteiger charge is 2.23. The first-order valence-electron chi connectivity index (χ1n) is 5.95. The van der Waals surface area contributed by atoms with Crippen molar-refractivity contribution in [1.29, 1.82) is 0 Å². The summed E-state index contributed by atoms with van der Waals surface area (Å²) in [7, 11) is 0. The van der Waals surface area contributed by atoms with Crippen molar-refractivity contribution in [3.05, 3.63) is 24.3 Å². The summed E-state index contributed by atoms with van der Waals surface area (Å²) in [5.41, 5.74) is 1.39. The molecule has 0 aromatic carbocycles. The van der Waals surface area contributed by atoms with Crippen molar-refractivity contribution in [2.45, 2.75) is 39.3 Å². The molecule has 0 N–H and O–H groups in total. The number of likely N-dealkylation sites (tertiary alicyclic amines) is 1. The average molecular weight is 220 g/mol. The van der Waals surface area contributed by atoms with Crippen LogP contribution in [-0.2, 0) is 6.54 Å². The molecule has 88 valence electrons. The standard InChI is InChI=1S/C12H20N4/c1-11(2)5-7-15-6-3-4-12(15)8-16-10-13-9-14-16/h5,9-10,12H,3-4,6-8H2,1-2H3/t12-/m0/s1. The highest BCUT2D eigenvalue weighted by molar-refractivity contribution is 4.96. The second-order valence-corrected chi connectivity index (χ2v) is 4.69. The van der Waals surface area contributed by atoms with Crippen LogP contribution >= 0.6 is 0 Å². The number of rotatable bonds is 4. The number of hydrogen-bond donors (Lipinski definition) is 0. The van der Waals surface area contributed by atoms with E-state index in [0.29, 0.717) is 6.04 Å². The first-order chi connectivity index (χ1) is 7.75. The summed E-state index contributed by atoms with van der Waals surface area (Å²) in [6.45, 7) is 7.56. The lowest BCUT2D eigenvalue weighted by Crippen LogP contribution is -2.33. The highest BCUT2D eigenvalue weighted by Crippen LogP contribution is 2.18. The van der Waals surface area contributed by atoms with Gasteiger partial charge in [0.15, 0.2) is 0 Å². The minimum Gasteiger partial charge on any atom is -0.295 e. The van der Waals surface area contributed by atoms with E-state index in [1.807, 2.05) is 4.68 Å². The lowest BCUT2D eigenvalue weighted by molar-refractivity contribution is 0.249. The SMILES string of the molecule is CC(C)=CCN1CCC[C@H]1Cn1cncn1. The molecule has 0 amide bonds. The summed E-state index contributed by atoms with van der Waals surface area (Å²) in [6.07, 6.45) is 8.29. The zero-order valence-corrected chi connectivity index (χ0v) is 10.1. The maximum Gasteiger partial charge on any atom is 0.137 e. The Balaban J connectivity index is 1.90. The van der Waals surface area contributed by atoms with Crippen molar-refractivity contribution in [3.63, 3.8) is 0 Å². The predicted molar refractivity (Wildman–Crippen MR) is 64.0 cm³/mol. The van der Waals surface area contributed by atoms with Crippen LogP contribution in [0.3, 0.4) is 0 Å². The van der Waals surface area contributed by atoms with Crippen molar-refractivity contribution in [2.75, 3.05) is 13.1 Å². The van der Waals surface area contributed by atoms with Gasteiger partial charge in [0.2, 0.25) is 0 Å². The first-order valence-corrected chi connectivity index (χ1v) is 5.95. The number of hydrogen-bond acceptors (Lipinski definition) is 3. The van der Waals surface area contributed by atoms with Crippen LogP contribution in [0.15, 0.2) is 24.3 Å². The average Bonchev–Trinajstić information content (AvgIpc) is 2.87. The van der Waals surface area contributed by atoms with Gasteiger partial charge in [-0.05, 0) is 33.2 Å². The Morgan fingerprint density at radius 3 is 3.06 bits per heavy atom. The molecule has 0 bridgehead atoms. The summed E-state index contributed by atoms with van der Waals surface area (Å²) in [6, 6.07) is 0.622. The Morgan fingerprint density at radius 1 is 1.50 bits per heavy atom. The second kappa shape index (κ2) is 5.25. The third kappa shape index (κ3) is 2.92. The predicted octanol–water partition coefficient (Wildman–Crippen LogP) is 1.71. The Kier molecular flexibility index (Phi) is 3.72. The van der Waals surface area contributed by atoms with E-state index >= 15 is 0 Å². The second-order valence-electron chi connectivity index (χ2n) is 4.69. The maximum atomic E-state index is 4.17. The first kappa shape index (κ1) is 11.3. The fourth-order valence-electron chi connectivity index (χ4n) is 2.19. The van der Waals surface area contributed by atoms with Crippen LogP contribution in [0.5, 0.6) is 0 Å². The smallest absolute Gasteiger partial charge is 0.137 e. The quantitative estimate of drug-likeness (QED) is 0.724. The van der Waals surface area contributed by atoms with Crippen molar-refractivity contribution < 1.29 is 0 Å². The van der Waals surface area contributed by atoms with Crippen molar-refractivity contribution in [3.8, 4) is 0 Å². The number of aromatic nitrogens is 3. The Bertz CT molecular complexity index is 338. The van der Waals surface area contributed by atoms with E-state index in [1.54, 1.807) is 12.7 Å². The summed E-state index contributed by atoms with van der Waals surface area (Å²) in [5.74, 6) is 0. The molecule has 0 spiro atoms. The molecule has 0 radical (unpaired) electrons. The van der Waals surface area contributed by atoms with E-state index < -0.39 is 0 Å². The van der Waals surface area contributed by atoms with Gasteiger partial charge < -0.3 is 0 Å². The third-order valence-corrected chi connectivity index (χ3v) is 3.10. The molecule has 4 heteroatoms. The Morgan fingerprint density at radius 2 is 2.38 bits per heavy atom. The van der Waals surface area contributed by atoms with Crippen LogP contribution in [0.4, 0.5) is 0 Å². The van der Waals surface area contributed by atoms with Gasteiger partial charge in [-0.3, -0.25) is 9.58 Å². The fourth-order valence-corrected chi connectivity index (χ4v) is 2.19. The highest BCUT2D eigenvalue weighted by atomic mass is 15.3. The monoisotopic (exact) mass is 220 g/mol. The third-order valence-electron chi connectivity index (χ3n) is 3.10. The van der Waals surface area contributed by atoms with Crippen molar-refractivity contribution >= 4 is 0 Å². The zero-order valence-electron chi connectivity index (χ0n) is 10.1. The van der Waals surface area contributed by atoms with Crippen LogP contribution < -0.4 is 0 Å². The molecule has 1 aliphatic rings. The zero-order chi connectivity index (χ0) is 11.4. The number of nitrogens with zero attached hydrogens (tertiary/aromatic N) is 4. The van der Waals surface area contributed by atoms with Gasteiger partial charge in [-0.2, -0.15) is 5.10 Å². The van der Waals surface area contributed by atoms with Gasteiger partial charge in [0.1, 0.15) is 12.7 Å². The van der Waals surface area contributed by atoms with Gasteiger partial charge >= 0.3 is 0 Å². The molecule has 1 aliphatic heterocycles. The molecule has 1 saturated heterocycles.